The van der Waals surface area contributed by atoms with Crippen molar-refractivity contribution in [1.82, 2.24) is 15.5 Å². The maximum atomic E-state index is 12.3. The first-order chi connectivity index (χ1) is 15.0. The van der Waals surface area contributed by atoms with E-state index in [-0.39, 0.29) is 28.1 Å². The largest absolute Gasteiger partial charge is 0.505 e. The molecule has 1 aliphatic heterocycles. The minimum atomic E-state index is -0.460. The molecule has 0 atom stereocenters. The predicted octanol–water partition coefficient (Wildman–Crippen LogP) is 3.44. The number of aromatic hydroxyl groups is 1. The van der Waals surface area contributed by atoms with Gasteiger partial charge >= 0.3 is 11.8 Å². The lowest BCUT2D eigenvalue weighted by Crippen LogP contribution is -2.36. The molecule has 0 aliphatic carbocycles. The molecular weight excluding hydrogens is 443 g/mol. The monoisotopic (exact) mass is 462 g/mol. The number of hydrogen-bond acceptors (Lipinski definition) is 7. The van der Waals surface area contributed by atoms with Gasteiger partial charge in [0.25, 0.3) is 0 Å². The third kappa shape index (κ3) is 5.28. The minimum absolute atomic E-state index is 0.128. The van der Waals surface area contributed by atoms with Gasteiger partial charge in [0.2, 0.25) is 0 Å². The van der Waals surface area contributed by atoms with Crippen LogP contribution in [0.25, 0.3) is 0 Å². The van der Waals surface area contributed by atoms with Gasteiger partial charge in [-0.2, -0.15) is 4.98 Å². The minimum Gasteiger partial charge on any atom is -0.505 e. The standard InChI is InChI=1S/C21H20Cl2N4O4/c22-16-9-14(10-17(23)19(16)28)11-18-25-21(31-26-18)20(29)24-12-13-1-3-15(4-2-13)27-5-7-30-8-6-27/h1-4,9-10,28H,5-8,11-12H2,(H,24,29). The molecule has 1 aromatic heterocycles. The van der Waals surface area contributed by atoms with Gasteiger partial charge in [0.1, 0.15) is 0 Å². The van der Waals surface area contributed by atoms with Crippen molar-refractivity contribution in [3.63, 3.8) is 0 Å². The number of carbonyl (C=O) groups is 1. The summed E-state index contributed by atoms with van der Waals surface area (Å²) in [5.41, 5.74) is 2.77. The van der Waals surface area contributed by atoms with E-state index in [2.05, 4.69) is 20.4 Å². The Labute approximate surface area is 188 Å². The topological polar surface area (TPSA) is 101 Å². The summed E-state index contributed by atoms with van der Waals surface area (Å²) in [4.78, 5) is 18.7. The average Bonchev–Trinajstić information content (AvgIpc) is 3.25. The molecule has 2 heterocycles. The Morgan fingerprint density at radius 3 is 2.45 bits per heavy atom. The predicted molar refractivity (Wildman–Crippen MR) is 116 cm³/mol. The Morgan fingerprint density at radius 2 is 1.77 bits per heavy atom. The van der Waals surface area contributed by atoms with E-state index in [1.807, 2.05) is 24.3 Å². The van der Waals surface area contributed by atoms with Crippen LogP contribution in [0, 0.1) is 0 Å². The number of rotatable bonds is 6. The first kappa shape index (κ1) is 21.4. The second kappa shape index (κ2) is 9.55. The van der Waals surface area contributed by atoms with Gasteiger partial charge in [-0.1, -0.05) is 40.5 Å². The molecule has 162 valence electrons. The molecule has 1 saturated heterocycles. The Bertz CT molecular complexity index is 1040. The lowest BCUT2D eigenvalue weighted by molar-refractivity contribution is 0.0907. The molecule has 2 aromatic carbocycles. The zero-order chi connectivity index (χ0) is 21.8. The highest BCUT2D eigenvalue weighted by Crippen LogP contribution is 2.33. The molecule has 8 nitrogen and oxygen atoms in total. The Morgan fingerprint density at radius 1 is 1.10 bits per heavy atom. The van der Waals surface area contributed by atoms with E-state index in [1.165, 1.54) is 0 Å². The number of ether oxygens (including phenoxy) is 1. The van der Waals surface area contributed by atoms with Gasteiger partial charge in [0, 0.05) is 31.7 Å². The van der Waals surface area contributed by atoms with Gasteiger partial charge in [-0.05, 0) is 35.4 Å². The SMILES string of the molecule is O=C(NCc1ccc(N2CCOCC2)cc1)c1nc(Cc2cc(Cl)c(O)c(Cl)c2)no1. The summed E-state index contributed by atoms with van der Waals surface area (Å²) in [5.74, 6) is -0.468. The van der Waals surface area contributed by atoms with Crippen LogP contribution in [-0.2, 0) is 17.7 Å². The number of nitrogens with zero attached hydrogens (tertiary/aromatic N) is 3. The number of phenols is 1. The fourth-order valence-electron chi connectivity index (χ4n) is 3.22. The molecule has 0 bridgehead atoms. The smallest absolute Gasteiger partial charge is 0.315 e. The second-order valence-corrected chi connectivity index (χ2v) is 7.86. The van der Waals surface area contributed by atoms with Crippen molar-refractivity contribution in [1.29, 1.82) is 0 Å². The number of nitrogens with one attached hydrogen (secondary N) is 1. The molecular formula is C21H20Cl2N4O4. The number of aromatic nitrogens is 2. The van der Waals surface area contributed by atoms with Crippen LogP contribution in [0.5, 0.6) is 5.75 Å². The molecule has 0 spiro atoms. The fourth-order valence-corrected chi connectivity index (χ4v) is 3.76. The Hall–Kier alpha value is -2.81. The van der Waals surface area contributed by atoms with Gasteiger partial charge in [-0.25, -0.2) is 0 Å². The summed E-state index contributed by atoms with van der Waals surface area (Å²) in [6.07, 6.45) is 0.250. The van der Waals surface area contributed by atoms with Crippen molar-refractivity contribution in [2.24, 2.45) is 0 Å². The number of benzene rings is 2. The highest BCUT2D eigenvalue weighted by atomic mass is 35.5. The van der Waals surface area contributed by atoms with Crippen LogP contribution < -0.4 is 10.2 Å². The van der Waals surface area contributed by atoms with E-state index in [0.29, 0.717) is 17.9 Å². The Balaban J connectivity index is 1.33. The maximum Gasteiger partial charge on any atom is 0.315 e. The highest BCUT2D eigenvalue weighted by Gasteiger charge is 2.17. The summed E-state index contributed by atoms with van der Waals surface area (Å²) >= 11 is 11.8. The van der Waals surface area contributed by atoms with Crippen LogP contribution >= 0.6 is 23.2 Å². The third-order valence-corrected chi connectivity index (χ3v) is 5.44. The molecule has 0 unspecified atom stereocenters. The van der Waals surface area contributed by atoms with Gasteiger partial charge in [0.15, 0.2) is 11.6 Å². The fraction of sp³-hybridized carbons (Fsp3) is 0.286. The number of morpholine rings is 1. The van der Waals surface area contributed by atoms with E-state index in [9.17, 15) is 9.90 Å². The van der Waals surface area contributed by atoms with Crippen LogP contribution in [0.3, 0.4) is 0 Å². The van der Waals surface area contributed by atoms with Gasteiger partial charge in [-0.3, -0.25) is 4.79 Å². The molecule has 31 heavy (non-hydrogen) atoms. The number of halogens is 2. The maximum absolute atomic E-state index is 12.3. The molecule has 3 aromatic rings. The number of amides is 1. The first-order valence-corrected chi connectivity index (χ1v) is 10.4. The van der Waals surface area contributed by atoms with Crippen molar-refractivity contribution < 1.29 is 19.2 Å². The molecule has 4 rings (SSSR count). The summed E-state index contributed by atoms with van der Waals surface area (Å²) in [5, 5.41) is 16.5. The van der Waals surface area contributed by atoms with Gasteiger partial charge < -0.3 is 24.6 Å². The van der Waals surface area contributed by atoms with Crippen LogP contribution in [0.2, 0.25) is 10.0 Å². The summed E-state index contributed by atoms with van der Waals surface area (Å²) in [6.45, 7) is 3.55. The van der Waals surface area contributed by atoms with E-state index in [0.717, 1.165) is 37.6 Å². The van der Waals surface area contributed by atoms with Crippen LogP contribution in [-0.4, -0.2) is 47.5 Å². The van der Waals surface area contributed by atoms with Crippen molar-refractivity contribution in [2.75, 3.05) is 31.2 Å². The van der Waals surface area contributed by atoms with Crippen LogP contribution in [0.4, 0.5) is 5.69 Å². The van der Waals surface area contributed by atoms with E-state index >= 15 is 0 Å². The summed E-state index contributed by atoms with van der Waals surface area (Å²) in [6, 6.07) is 11.1. The zero-order valence-electron chi connectivity index (χ0n) is 16.5. The lowest BCUT2D eigenvalue weighted by atomic mass is 10.1. The van der Waals surface area contributed by atoms with E-state index in [4.69, 9.17) is 32.5 Å². The molecule has 1 aliphatic rings. The summed E-state index contributed by atoms with van der Waals surface area (Å²) in [7, 11) is 0. The molecule has 2 N–H and O–H groups in total. The number of phenolic OH excluding ortho intramolecular Hbond substituents is 1. The molecule has 0 saturated carbocycles. The number of hydrogen-bond donors (Lipinski definition) is 2. The van der Waals surface area contributed by atoms with Crippen LogP contribution in [0.15, 0.2) is 40.9 Å². The van der Waals surface area contributed by atoms with E-state index < -0.39 is 5.91 Å². The van der Waals surface area contributed by atoms with Crippen molar-refractivity contribution in [3.05, 3.63) is 69.3 Å². The number of carbonyl (C=O) groups excluding carboxylic acids is 1. The van der Waals surface area contributed by atoms with Crippen molar-refractivity contribution >= 4 is 34.8 Å². The second-order valence-electron chi connectivity index (χ2n) is 7.05. The van der Waals surface area contributed by atoms with Gasteiger partial charge in [-0.15, -0.1) is 0 Å². The zero-order valence-corrected chi connectivity index (χ0v) is 18.0. The number of anilines is 1. The molecule has 1 amide bonds. The quantitative estimate of drug-likeness (QED) is 0.578. The molecule has 1 fully saturated rings. The highest BCUT2D eigenvalue weighted by molar-refractivity contribution is 6.37. The van der Waals surface area contributed by atoms with Gasteiger partial charge in [0.05, 0.1) is 23.3 Å². The lowest BCUT2D eigenvalue weighted by Gasteiger charge is -2.28. The molecule has 0 radical (unpaired) electrons. The molecule has 10 heteroatoms. The van der Waals surface area contributed by atoms with Crippen molar-refractivity contribution in [2.45, 2.75) is 13.0 Å². The normalized spacial score (nSPS) is 13.9. The Kier molecular flexibility index (Phi) is 6.60. The van der Waals surface area contributed by atoms with E-state index in [1.54, 1.807) is 12.1 Å². The van der Waals surface area contributed by atoms with Crippen LogP contribution in [0.1, 0.15) is 27.6 Å². The van der Waals surface area contributed by atoms with Crippen molar-refractivity contribution in [3.8, 4) is 5.75 Å². The summed E-state index contributed by atoms with van der Waals surface area (Å²) < 4.78 is 10.4. The average molecular weight is 463 g/mol. The third-order valence-electron chi connectivity index (χ3n) is 4.87. The first-order valence-electron chi connectivity index (χ1n) is 9.69.